The lowest BCUT2D eigenvalue weighted by Crippen LogP contribution is -2.53. The van der Waals surface area contributed by atoms with E-state index < -0.39 is 47.7 Å². The number of hydrogen-bond acceptors (Lipinski definition) is 9. The fourth-order valence-electron chi connectivity index (χ4n) is 6.85. The van der Waals surface area contributed by atoms with Gasteiger partial charge in [0.25, 0.3) is 0 Å². The fraction of sp³-hybridized carbons (Fsp3) is 0.870. The molecule has 2 aliphatic carbocycles. The van der Waals surface area contributed by atoms with Gasteiger partial charge in [0.2, 0.25) is 0 Å². The van der Waals surface area contributed by atoms with Gasteiger partial charge in [0.05, 0.1) is 25.2 Å². The molecule has 2 unspecified atom stereocenters. The van der Waals surface area contributed by atoms with Gasteiger partial charge in [-0.15, -0.1) is 0 Å². The van der Waals surface area contributed by atoms with Crippen LogP contribution >= 0.6 is 0 Å². The lowest BCUT2D eigenvalue weighted by Gasteiger charge is -2.44. The van der Waals surface area contributed by atoms with Crippen LogP contribution in [0.3, 0.4) is 0 Å². The zero-order valence-electron chi connectivity index (χ0n) is 19.3. The second-order valence-corrected chi connectivity index (χ2v) is 10.1. The second-order valence-electron chi connectivity index (χ2n) is 10.1. The molecule has 2 heterocycles. The quantitative estimate of drug-likeness (QED) is 0.487. The molecule has 0 amide bonds. The maximum Gasteiger partial charge on any atom is 0.311 e. The number of aliphatic hydroxyl groups excluding tert-OH is 1. The molecule has 0 spiro atoms. The number of carbonyl (C=O) groups excluding carboxylic acids is 3. The molecule has 2 saturated heterocycles. The Labute approximate surface area is 188 Å². The van der Waals surface area contributed by atoms with E-state index in [0.29, 0.717) is 26.2 Å². The van der Waals surface area contributed by atoms with E-state index in [9.17, 15) is 19.5 Å². The van der Waals surface area contributed by atoms with E-state index in [-0.39, 0.29) is 30.1 Å². The summed E-state index contributed by atoms with van der Waals surface area (Å²) in [6.07, 6.45) is -1.62. The summed E-state index contributed by atoms with van der Waals surface area (Å²) >= 11 is 0. The molecule has 9 heteroatoms. The van der Waals surface area contributed by atoms with E-state index >= 15 is 0 Å². The van der Waals surface area contributed by atoms with Gasteiger partial charge in [-0.25, -0.2) is 0 Å². The van der Waals surface area contributed by atoms with Crippen LogP contribution in [-0.2, 0) is 33.3 Å². The van der Waals surface area contributed by atoms with Gasteiger partial charge in [0.1, 0.15) is 18.3 Å². The van der Waals surface area contributed by atoms with Gasteiger partial charge in [0.15, 0.2) is 0 Å². The largest absolute Gasteiger partial charge is 0.462 e. The van der Waals surface area contributed by atoms with Gasteiger partial charge in [-0.3, -0.25) is 19.3 Å². The summed E-state index contributed by atoms with van der Waals surface area (Å²) in [4.78, 5) is 39.2. The Balaban J connectivity index is 1.72. The number of rotatable bonds is 4. The lowest BCUT2D eigenvalue weighted by atomic mass is 9.66. The predicted molar refractivity (Wildman–Crippen MR) is 111 cm³/mol. The molecular weight excluding hydrogens is 418 g/mol. The third-order valence-corrected chi connectivity index (χ3v) is 8.11. The van der Waals surface area contributed by atoms with Crippen molar-refractivity contribution >= 4 is 17.9 Å². The van der Waals surface area contributed by atoms with Crippen molar-refractivity contribution in [1.82, 2.24) is 4.90 Å². The summed E-state index contributed by atoms with van der Waals surface area (Å²) in [5.41, 5.74) is -0.873. The highest BCUT2D eigenvalue weighted by Crippen LogP contribution is 2.59. The highest BCUT2D eigenvalue weighted by molar-refractivity contribution is 5.76. The summed E-state index contributed by atoms with van der Waals surface area (Å²) in [7, 11) is 0. The zero-order valence-corrected chi connectivity index (χ0v) is 19.3. The first-order chi connectivity index (χ1) is 15.1. The molecule has 180 valence electrons. The molecule has 9 atom stereocenters. The topological polar surface area (TPSA) is 112 Å². The van der Waals surface area contributed by atoms with Crippen LogP contribution in [0.1, 0.15) is 40.5 Å². The molecular formula is C23H35NO8. The van der Waals surface area contributed by atoms with E-state index in [1.54, 1.807) is 0 Å². The molecule has 4 rings (SSSR count). The van der Waals surface area contributed by atoms with Crippen molar-refractivity contribution in [2.45, 2.75) is 65.0 Å². The molecule has 2 aliphatic heterocycles. The molecule has 9 nitrogen and oxygen atoms in total. The number of ether oxygens (including phenoxy) is 4. The first-order valence-electron chi connectivity index (χ1n) is 11.7. The first kappa shape index (κ1) is 23.4. The van der Waals surface area contributed by atoms with Crippen molar-refractivity contribution < 1.29 is 38.4 Å². The monoisotopic (exact) mass is 453 g/mol. The molecule has 32 heavy (non-hydrogen) atoms. The Bertz CT molecular complexity index is 752. The second kappa shape index (κ2) is 8.91. The van der Waals surface area contributed by atoms with Crippen LogP contribution in [0.4, 0.5) is 0 Å². The Morgan fingerprint density at radius 2 is 1.81 bits per heavy atom. The summed E-state index contributed by atoms with van der Waals surface area (Å²) in [6, 6.07) is 0. The summed E-state index contributed by atoms with van der Waals surface area (Å²) in [5, 5.41) is 11.3. The molecule has 4 fully saturated rings. The Kier molecular flexibility index (Phi) is 6.53. The van der Waals surface area contributed by atoms with Crippen molar-refractivity contribution in [2.75, 3.05) is 32.8 Å². The van der Waals surface area contributed by atoms with Crippen molar-refractivity contribution in [2.24, 2.45) is 29.1 Å². The normalized spacial score (nSPS) is 44.2. The number of nitrogens with zero attached hydrogens (tertiary/aromatic N) is 1. The van der Waals surface area contributed by atoms with Gasteiger partial charge < -0.3 is 24.1 Å². The molecule has 2 saturated carbocycles. The average Bonchev–Trinajstić information content (AvgIpc) is 3.10. The molecule has 1 N–H and O–H groups in total. The predicted octanol–water partition coefficient (Wildman–Crippen LogP) is 0.767. The highest BCUT2D eigenvalue weighted by Gasteiger charge is 2.67. The van der Waals surface area contributed by atoms with Crippen molar-refractivity contribution in [3.05, 3.63) is 0 Å². The summed E-state index contributed by atoms with van der Waals surface area (Å²) in [6.45, 7) is 9.84. The Morgan fingerprint density at radius 1 is 1.16 bits per heavy atom. The standard InChI is InChI=1S/C23H35NO8/c1-12-9-16-19(15(22(28)32-16)11-24-5-7-29-8-6-24)21(31-14(3)26)23(4)18(27)10-17(20(12)23)30-13(2)25/h12,15-21,27H,5-11H2,1-4H3/t12-,15?,16+,17+,18+,19-,20?,21+,23-/m1/s1. The van der Waals surface area contributed by atoms with E-state index in [1.807, 2.05) is 13.8 Å². The minimum atomic E-state index is -0.873. The van der Waals surface area contributed by atoms with Crippen LogP contribution in [0.2, 0.25) is 0 Å². The number of esters is 3. The Hall–Kier alpha value is -1.71. The molecule has 0 aromatic rings. The van der Waals surface area contributed by atoms with Gasteiger partial charge in [-0.1, -0.05) is 13.8 Å². The zero-order chi connectivity index (χ0) is 23.2. The van der Waals surface area contributed by atoms with E-state index in [4.69, 9.17) is 18.9 Å². The minimum absolute atomic E-state index is 0.00973. The van der Waals surface area contributed by atoms with Crippen LogP contribution in [0.5, 0.6) is 0 Å². The highest BCUT2D eigenvalue weighted by atomic mass is 16.6. The first-order valence-corrected chi connectivity index (χ1v) is 11.7. The summed E-state index contributed by atoms with van der Waals surface area (Å²) < 4.78 is 22.8. The fourth-order valence-corrected chi connectivity index (χ4v) is 6.85. The van der Waals surface area contributed by atoms with Crippen LogP contribution in [0, 0.1) is 29.1 Å². The molecule has 0 bridgehead atoms. The van der Waals surface area contributed by atoms with E-state index in [1.165, 1.54) is 13.8 Å². The molecule has 0 aromatic carbocycles. The van der Waals surface area contributed by atoms with Crippen molar-refractivity contribution in [3.8, 4) is 0 Å². The average molecular weight is 454 g/mol. The van der Waals surface area contributed by atoms with Crippen molar-refractivity contribution in [3.63, 3.8) is 0 Å². The third kappa shape index (κ3) is 4.03. The van der Waals surface area contributed by atoms with Crippen LogP contribution in [-0.4, -0.2) is 85.2 Å². The number of fused-ring (bicyclic) bond motifs is 2. The van der Waals surface area contributed by atoms with Crippen molar-refractivity contribution in [1.29, 1.82) is 0 Å². The smallest absolute Gasteiger partial charge is 0.311 e. The van der Waals surface area contributed by atoms with Crippen LogP contribution in [0.15, 0.2) is 0 Å². The SMILES string of the molecule is CC(=O)O[C@H]1C[C@H](O)[C@]2(C)C1[C@H](C)C[C@@H]1OC(=O)C(CN3CCOCC3)[C@H]1[C@@H]2OC(C)=O. The molecule has 0 aromatic heterocycles. The maximum atomic E-state index is 13.0. The van der Waals surface area contributed by atoms with Gasteiger partial charge in [0, 0.05) is 57.2 Å². The third-order valence-electron chi connectivity index (χ3n) is 8.11. The number of aliphatic hydroxyl groups is 1. The van der Waals surface area contributed by atoms with Crippen LogP contribution in [0.25, 0.3) is 0 Å². The van der Waals surface area contributed by atoms with E-state index in [0.717, 1.165) is 13.1 Å². The summed E-state index contributed by atoms with van der Waals surface area (Å²) in [5.74, 6) is -2.22. The Morgan fingerprint density at radius 3 is 2.44 bits per heavy atom. The number of carbonyl (C=O) groups is 3. The molecule has 0 radical (unpaired) electrons. The van der Waals surface area contributed by atoms with E-state index in [2.05, 4.69) is 4.90 Å². The van der Waals surface area contributed by atoms with Gasteiger partial charge >= 0.3 is 17.9 Å². The number of morpholine rings is 1. The lowest BCUT2D eigenvalue weighted by molar-refractivity contribution is -0.174. The molecule has 4 aliphatic rings. The minimum Gasteiger partial charge on any atom is -0.462 e. The van der Waals surface area contributed by atoms with Gasteiger partial charge in [-0.05, 0) is 12.3 Å². The maximum absolute atomic E-state index is 13.0. The van der Waals surface area contributed by atoms with Gasteiger partial charge in [-0.2, -0.15) is 0 Å². The number of hydrogen-bond donors (Lipinski definition) is 1. The van der Waals surface area contributed by atoms with Crippen LogP contribution < -0.4 is 0 Å².